The minimum atomic E-state index is -1.46. The first-order valence-electron chi connectivity index (χ1n) is 24.7. The quantitative estimate of drug-likeness (QED) is 0.0535. The molecule has 60 heavy (non-hydrogen) atoms. The van der Waals surface area contributed by atoms with Gasteiger partial charge in [0.25, 0.3) is 0 Å². The average Bonchev–Trinajstić information content (AvgIpc) is 3.59. The van der Waals surface area contributed by atoms with E-state index in [0.29, 0.717) is 35.5 Å². The Balaban J connectivity index is 1.04. The molecule has 0 aromatic rings. The number of rotatable bonds is 23. The maximum atomic E-state index is 12.6. The van der Waals surface area contributed by atoms with Gasteiger partial charge in [0.1, 0.15) is 31.0 Å². The van der Waals surface area contributed by atoms with Gasteiger partial charge in [-0.25, -0.2) is 0 Å². The van der Waals surface area contributed by atoms with Gasteiger partial charge < -0.3 is 29.5 Å². The Morgan fingerprint density at radius 1 is 0.883 bits per heavy atom. The number of ether oxygens (including phenoxy) is 3. The van der Waals surface area contributed by atoms with Crippen molar-refractivity contribution in [3.05, 3.63) is 60.3 Å². The summed E-state index contributed by atoms with van der Waals surface area (Å²) < 4.78 is 18.0. The standard InChI is InChI=1S/C53H86O7/c1-8-10-11-12-13-14-15-16-17-18-19-20-21-22-23-24-47(54)58-36-46-48(55)49(56)50(57)51(60-46)59-41-31-33-52(6)40(35-41)27-28-42-44-30-29-43(53(44,7)34-32-45(42)52)38(5)25-26-39(9-2)37(3)4/h13-14,16-17,25-27,38-39,41-46,48-51,55-57H,3,8-12,15,18-24,28-36H2,1-2,4-7H3/b14-13-,17-16-,26-25+/t38-,39+,41+,42+,43-,44+,45+,46-,48-,49+,50-,51-,52+,53-/m1/s1. The molecule has 0 aromatic carbocycles. The van der Waals surface area contributed by atoms with Crippen molar-refractivity contribution in [1.29, 1.82) is 0 Å². The van der Waals surface area contributed by atoms with Gasteiger partial charge in [-0.05, 0) is 150 Å². The highest BCUT2D eigenvalue weighted by molar-refractivity contribution is 5.69. The normalized spacial score (nSPS) is 36.5. The van der Waals surface area contributed by atoms with Crippen molar-refractivity contribution in [3.8, 4) is 0 Å². The zero-order chi connectivity index (χ0) is 43.3. The van der Waals surface area contributed by atoms with Gasteiger partial charge >= 0.3 is 5.97 Å². The molecule has 0 spiro atoms. The number of unbranched alkanes of at least 4 members (excludes halogenated alkanes) is 8. The zero-order valence-corrected chi connectivity index (χ0v) is 38.7. The van der Waals surface area contributed by atoms with E-state index in [4.69, 9.17) is 14.2 Å². The van der Waals surface area contributed by atoms with Crippen molar-refractivity contribution < 1.29 is 34.3 Å². The van der Waals surface area contributed by atoms with Gasteiger partial charge in [0.15, 0.2) is 6.29 Å². The largest absolute Gasteiger partial charge is 0.463 e. The van der Waals surface area contributed by atoms with Crippen LogP contribution >= 0.6 is 0 Å². The maximum Gasteiger partial charge on any atom is 0.305 e. The lowest BCUT2D eigenvalue weighted by molar-refractivity contribution is -0.313. The first-order chi connectivity index (χ1) is 28.8. The topological polar surface area (TPSA) is 105 Å². The van der Waals surface area contributed by atoms with E-state index in [9.17, 15) is 20.1 Å². The van der Waals surface area contributed by atoms with E-state index >= 15 is 0 Å². The van der Waals surface area contributed by atoms with E-state index < -0.39 is 30.7 Å². The Morgan fingerprint density at radius 2 is 1.60 bits per heavy atom. The fourth-order valence-corrected chi connectivity index (χ4v) is 12.4. The number of carbonyl (C=O) groups excluding carboxylic acids is 1. The van der Waals surface area contributed by atoms with Crippen molar-refractivity contribution in [1.82, 2.24) is 0 Å². The van der Waals surface area contributed by atoms with Crippen molar-refractivity contribution in [2.24, 2.45) is 46.3 Å². The number of hydrogen-bond acceptors (Lipinski definition) is 7. The molecule has 1 aliphatic heterocycles. The first-order valence-corrected chi connectivity index (χ1v) is 24.7. The van der Waals surface area contributed by atoms with Crippen LogP contribution in [-0.2, 0) is 19.0 Å². The van der Waals surface area contributed by atoms with Crippen molar-refractivity contribution in [2.75, 3.05) is 6.61 Å². The van der Waals surface area contributed by atoms with Gasteiger partial charge in [0.2, 0.25) is 0 Å². The van der Waals surface area contributed by atoms with Crippen molar-refractivity contribution >= 4 is 5.97 Å². The van der Waals surface area contributed by atoms with Crippen LogP contribution in [0.2, 0.25) is 0 Å². The molecular formula is C53H86O7. The molecule has 14 atom stereocenters. The summed E-state index contributed by atoms with van der Waals surface area (Å²) in [5, 5.41) is 32.5. The molecule has 5 aliphatic rings. The second kappa shape index (κ2) is 23.6. The van der Waals surface area contributed by atoms with E-state index in [0.717, 1.165) is 88.9 Å². The number of hydrogen-bond donors (Lipinski definition) is 3. The van der Waals surface area contributed by atoms with E-state index in [1.54, 1.807) is 0 Å². The number of carbonyl (C=O) groups is 1. The molecule has 0 amide bonds. The fourth-order valence-electron chi connectivity index (χ4n) is 12.4. The lowest BCUT2D eigenvalue weighted by Gasteiger charge is -2.58. The van der Waals surface area contributed by atoms with Crippen LogP contribution in [0.15, 0.2) is 60.3 Å². The molecule has 7 heteroatoms. The molecule has 0 aromatic heterocycles. The van der Waals surface area contributed by atoms with E-state index in [2.05, 4.69) is 90.7 Å². The SMILES string of the molecule is C=C(C)[C@H](/C=C/[C@@H](C)[C@H]1CC[C@H]2[C@@H]3CC=C4C[C@@H](O[C@@H]5O[C@H](COC(=O)CCCCCCC/C=C\C/C=C\CCCCC)[C@@H](O)[C@H](O)[C@H]5O)CC[C@]4(C)[C@H]3CC[C@]12C)CC. The molecule has 3 N–H and O–H groups in total. The Kier molecular flexibility index (Phi) is 19.3. The van der Waals surface area contributed by atoms with E-state index in [1.807, 2.05) is 0 Å². The summed E-state index contributed by atoms with van der Waals surface area (Å²) in [5.74, 6) is 3.58. The van der Waals surface area contributed by atoms with Gasteiger partial charge in [-0.15, -0.1) is 0 Å². The number of esters is 1. The van der Waals surface area contributed by atoms with Gasteiger partial charge in [-0.3, -0.25) is 4.79 Å². The Labute approximate surface area is 365 Å². The van der Waals surface area contributed by atoms with Gasteiger partial charge in [0, 0.05) is 6.42 Å². The third-order valence-corrected chi connectivity index (χ3v) is 16.2. The van der Waals surface area contributed by atoms with Crippen LogP contribution in [-0.4, -0.2) is 64.7 Å². The smallest absolute Gasteiger partial charge is 0.305 e. The zero-order valence-electron chi connectivity index (χ0n) is 38.7. The maximum absolute atomic E-state index is 12.6. The molecule has 5 rings (SSSR count). The summed E-state index contributed by atoms with van der Waals surface area (Å²) in [5.41, 5.74) is 3.26. The molecule has 1 saturated heterocycles. The molecule has 4 aliphatic carbocycles. The molecular weight excluding hydrogens is 749 g/mol. The van der Waals surface area contributed by atoms with Crippen LogP contribution in [0.3, 0.4) is 0 Å². The lowest BCUT2D eigenvalue weighted by Crippen LogP contribution is -2.60. The monoisotopic (exact) mass is 835 g/mol. The summed E-state index contributed by atoms with van der Waals surface area (Å²) in [4.78, 5) is 12.6. The van der Waals surface area contributed by atoms with Crippen LogP contribution in [0.25, 0.3) is 0 Å². The van der Waals surface area contributed by atoms with Crippen LogP contribution in [0, 0.1) is 46.3 Å². The molecule has 0 radical (unpaired) electrons. The molecule has 1 heterocycles. The first kappa shape index (κ1) is 49.0. The third kappa shape index (κ3) is 12.4. The highest BCUT2D eigenvalue weighted by Gasteiger charge is 2.59. The number of fused-ring (bicyclic) bond motifs is 5. The highest BCUT2D eigenvalue weighted by atomic mass is 16.7. The van der Waals surface area contributed by atoms with Crippen LogP contribution < -0.4 is 0 Å². The van der Waals surface area contributed by atoms with E-state index in [1.165, 1.54) is 62.5 Å². The number of allylic oxidation sites excluding steroid dienone is 8. The van der Waals surface area contributed by atoms with Gasteiger partial charge in [0.05, 0.1) is 6.10 Å². The van der Waals surface area contributed by atoms with Crippen LogP contribution in [0.4, 0.5) is 0 Å². The summed E-state index contributed by atoms with van der Waals surface area (Å²) in [6.45, 7) is 18.3. The van der Waals surface area contributed by atoms with E-state index in [-0.39, 0.29) is 24.1 Å². The minimum absolute atomic E-state index is 0.143. The summed E-state index contributed by atoms with van der Waals surface area (Å²) in [6.07, 6.45) is 32.8. The summed E-state index contributed by atoms with van der Waals surface area (Å²) in [6, 6.07) is 0. The number of aliphatic hydroxyl groups is 3. The second-order valence-corrected chi connectivity index (χ2v) is 20.3. The predicted octanol–water partition coefficient (Wildman–Crippen LogP) is 11.9. The molecule has 340 valence electrons. The van der Waals surface area contributed by atoms with Gasteiger partial charge in [-0.2, -0.15) is 0 Å². The fraction of sp³-hybridized carbons (Fsp3) is 0.792. The van der Waals surface area contributed by atoms with Crippen molar-refractivity contribution in [2.45, 2.75) is 213 Å². The van der Waals surface area contributed by atoms with Crippen LogP contribution in [0.5, 0.6) is 0 Å². The molecule has 0 bridgehead atoms. The molecule has 4 fully saturated rings. The Morgan fingerprint density at radius 3 is 2.32 bits per heavy atom. The highest BCUT2D eigenvalue weighted by Crippen LogP contribution is 2.67. The molecule has 0 unspecified atom stereocenters. The van der Waals surface area contributed by atoms with Crippen LogP contribution in [0.1, 0.15) is 176 Å². The summed E-state index contributed by atoms with van der Waals surface area (Å²) in [7, 11) is 0. The molecule has 7 nitrogen and oxygen atoms in total. The average molecular weight is 835 g/mol. The minimum Gasteiger partial charge on any atom is -0.463 e. The third-order valence-electron chi connectivity index (χ3n) is 16.2. The van der Waals surface area contributed by atoms with Gasteiger partial charge in [-0.1, -0.05) is 127 Å². The summed E-state index contributed by atoms with van der Waals surface area (Å²) >= 11 is 0. The predicted molar refractivity (Wildman–Crippen MR) is 244 cm³/mol. The molecule has 3 saturated carbocycles. The lowest BCUT2D eigenvalue weighted by atomic mass is 9.47. The van der Waals surface area contributed by atoms with Crippen molar-refractivity contribution in [3.63, 3.8) is 0 Å². The Hall–Kier alpha value is -2.03. The second-order valence-electron chi connectivity index (χ2n) is 20.3. The Bertz CT molecular complexity index is 1460. The number of aliphatic hydroxyl groups excluding tert-OH is 3.